The molecule has 7 nitrogen and oxygen atoms in total. The highest BCUT2D eigenvalue weighted by molar-refractivity contribution is 7.17. The van der Waals surface area contributed by atoms with Gasteiger partial charge in [0.1, 0.15) is 10.6 Å². The zero-order valence-corrected chi connectivity index (χ0v) is 15.8. The van der Waals surface area contributed by atoms with Crippen LogP contribution >= 0.6 is 34.5 Å². The summed E-state index contributed by atoms with van der Waals surface area (Å²) in [5.41, 5.74) is 6.21. The van der Waals surface area contributed by atoms with Gasteiger partial charge in [0.15, 0.2) is 5.13 Å². The van der Waals surface area contributed by atoms with Crippen molar-refractivity contribution >= 4 is 51.5 Å². The molecule has 0 saturated carbocycles. The Balaban J connectivity index is 1.57. The molecule has 134 valence electrons. The van der Waals surface area contributed by atoms with E-state index in [0.717, 1.165) is 31.1 Å². The van der Waals surface area contributed by atoms with E-state index < -0.39 is 5.91 Å². The largest absolute Gasteiger partial charge is 0.365 e. The van der Waals surface area contributed by atoms with E-state index >= 15 is 0 Å². The standard InChI is InChI=1S/C15H17Cl2N5O2S/c1-7-10(16)11(17)12(20-7)14(24)21-8-2-4-22(5-3-8)15-19-6-9(25-15)13(18)23/h6,8,20H,2-5H2,1H3,(H2,18,23)(H,21,24). The van der Waals surface area contributed by atoms with E-state index in [4.69, 9.17) is 28.9 Å². The van der Waals surface area contributed by atoms with Gasteiger partial charge in [-0.3, -0.25) is 9.59 Å². The van der Waals surface area contributed by atoms with Crippen LogP contribution in [0.2, 0.25) is 10.0 Å². The van der Waals surface area contributed by atoms with E-state index in [9.17, 15) is 9.59 Å². The summed E-state index contributed by atoms with van der Waals surface area (Å²) in [5, 5.41) is 4.37. The molecule has 25 heavy (non-hydrogen) atoms. The summed E-state index contributed by atoms with van der Waals surface area (Å²) in [6, 6.07) is 0.0396. The quantitative estimate of drug-likeness (QED) is 0.731. The molecule has 1 saturated heterocycles. The van der Waals surface area contributed by atoms with Crippen LogP contribution in [-0.2, 0) is 0 Å². The van der Waals surface area contributed by atoms with Crippen LogP contribution < -0.4 is 16.0 Å². The summed E-state index contributed by atoms with van der Waals surface area (Å²) in [6.07, 6.45) is 3.03. The molecule has 2 amide bonds. The lowest BCUT2D eigenvalue weighted by Gasteiger charge is -2.32. The Kier molecular flexibility index (Phi) is 5.21. The Labute approximate surface area is 158 Å². The number of hydrogen-bond donors (Lipinski definition) is 3. The zero-order chi connectivity index (χ0) is 18.1. The summed E-state index contributed by atoms with van der Waals surface area (Å²) in [5.74, 6) is -0.730. The molecular formula is C15H17Cl2N5O2S. The van der Waals surface area contributed by atoms with E-state index in [1.54, 1.807) is 6.92 Å². The van der Waals surface area contributed by atoms with Crippen LogP contribution in [0, 0.1) is 6.92 Å². The van der Waals surface area contributed by atoms with E-state index in [1.807, 2.05) is 0 Å². The first kappa shape index (κ1) is 18.0. The molecule has 10 heteroatoms. The van der Waals surface area contributed by atoms with Gasteiger partial charge in [-0.15, -0.1) is 0 Å². The Morgan fingerprint density at radius 2 is 2.04 bits per heavy atom. The number of aryl methyl sites for hydroxylation is 1. The number of primary amides is 1. The van der Waals surface area contributed by atoms with Crippen LogP contribution in [0.15, 0.2) is 6.20 Å². The summed E-state index contributed by atoms with van der Waals surface area (Å²) >= 11 is 13.4. The van der Waals surface area contributed by atoms with Gasteiger partial charge < -0.3 is 20.9 Å². The van der Waals surface area contributed by atoms with Crippen molar-refractivity contribution in [1.29, 1.82) is 0 Å². The Morgan fingerprint density at radius 3 is 2.56 bits per heavy atom. The molecule has 3 rings (SSSR count). The van der Waals surface area contributed by atoms with Crippen LogP contribution in [0.5, 0.6) is 0 Å². The second kappa shape index (κ2) is 7.23. The average molecular weight is 402 g/mol. The molecule has 0 aliphatic carbocycles. The number of carbonyl (C=O) groups excluding carboxylic acids is 2. The van der Waals surface area contributed by atoms with Crippen molar-refractivity contribution in [2.24, 2.45) is 5.73 Å². The maximum Gasteiger partial charge on any atom is 0.269 e. The molecule has 2 aromatic heterocycles. The molecule has 0 spiro atoms. The topological polar surface area (TPSA) is 104 Å². The number of nitrogens with one attached hydrogen (secondary N) is 2. The van der Waals surface area contributed by atoms with Crippen LogP contribution in [0.25, 0.3) is 0 Å². The lowest BCUT2D eigenvalue weighted by atomic mass is 10.1. The molecular weight excluding hydrogens is 385 g/mol. The molecule has 1 aliphatic rings. The molecule has 4 N–H and O–H groups in total. The highest BCUT2D eigenvalue weighted by atomic mass is 35.5. The lowest BCUT2D eigenvalue weighted by Crippen LogP contribution is -2.44. The van der Waals surface area contributed by atoms with Gasteiger partial charge in [0.05, 0.1) is 16.2 Å². The normalized spacial score (nSPS) is 15.4. The number of thiazole rings is 1. The summed E-state index contributed by atoms with van der Waals surface area (Å²) < 4.78 is 0. The van der Waals surface area contributed by atoms with E-state index in [0.29, 0.717) is 15.6 Å². The maximum atomic E-state index is 12.4. The number of aromatic nitrogens is 2. The molecule has 0 radical (unpaired) electrons. The van der Waals surface area contributed by atoms with E-state index in [1.165, 1.54) is 17.5 Å². The van der Waals surface area contributed by atoms with Crippen molar-refractivity contribution in [2.75, 3.05) is 18.0 Å². The third-order valence-electron chi connectivity index (χ3n) is 4.12. The third-order valence-corrected chi connectivity index (χ3v) is 6.14. The van der Waals surface area contributed by atoms with E-state index in [2.05, 4.69) is 20.2 Å². The van der Waals surface area contributed by atoms with Gasteiger partial charge in [0, 0.05) is 24.8 Å². The van der Waals surface area contributed by atoms with Crippen molar-refractivity contribution in [1.82, 2.24) is 15.3 Å². The first-order valence-corrected chi connectivity index (χ1v) is 9.29. The van der Waals surface area contributed by atoms with Gasteiger partial charge in [-0.05, 0) is 19.8 Å². The second-order valence-corrected chi connectivity index (χ2v) is 7.62. The molecule has 3 heterocycles. The van der Waals surface area contributed by atoms with E-state index in [-0.39, 0.29) is 22.7 Å². The van der Waals surface area contributed by atoms with Crippen LogP contribution in [0.1, 0.15) is 38.7 Å². The monoisotopic (exact) mass is 401 g/mol. The zero-order valence-electron chi connectivity index (χ0n) is 13.4. The number of carbonyl (C=O) groups is 2. The number of H-pyrrole nitrogens is 1. The molecule has 2 aromatic rings. The number of piperidine rings is 1. The summed E-state index contributed by atoms with van der Waals surface area (Å²) in [4.78, 5) is 33.2. The molecule has 0 unspecified atom stereocenters. The van der Waals surface area contributed by atoms with Crippen LogP contribution in [0.4, 0.5) is 5.13 Å². The van der Waals surface area contributed by atoms with Gasteiger partial charge in [-0.25, -0.2) is 4.98 Å². The second-order valence-electron chi connectivity index (χ2n) is 5.86. The average Bonchev–Trinajstić information content (AvgIpc) is 3.17. The van der Waals surface area contributed by atoms with Gasteiger partial charge >= 0.3 is 0 Å². The number of hydrogen-bond acceptors (Lipinski definition) is 5. The first-order valence-electron chi connectivity index (χ1n) is 7.71. The predicted molar refractivity (Wildman–Crippen MR) is 98.9 cm³/mol. The first-order chi connectivity index (χ1) is 11.9. The van der Waals surface area contributed by atoms with Gasteiger partial charge in [-0.2, -0.15) is 0 Å². The highest BCUT2D eigenvalue weighted by Crippen LogP contribution is 2.29. The fourth-order valence-corrected chi connectivity index (χ4v) is 3.96. The molecule has 0 bridgehead atoms. The number of halogens is 2. The summed E-state index contributed by atoms with van der Waals surface area (Å²) in [7, 11) is 0. The molecule has 1 aliphatic heterocycles. The van der Waals surface area contributed by atoms with Crippen molar-refractivity contribution < 1.29 is 9.59 Å². The number of aromatic amines is 1. The number of nitrogens with zero attached hydrogens (tertiary/aromatic N) is 2. The minimum atomic E-state index is -0.470. The number of amides is 2. The Morgan fingerprint density at radius 1 is 1.36 bits per heavy atom. The minimum Gasteiger partial charge on any atom is -0.365 e. The molecule has 0 atom stereocenters. The van der Waals surface area contributed by atoms with Crippen molar-refractivity contribution in [3.8, 4) is 0 Å². The Bertz CT molecular complexity index is 811. The number of anilines is 1. The highest BCUT2D eigenvalue weighted by Gasteiger charge is 2.25. The third kappa shape index (κ3) is 3.75. The Hall–Kier alpha value is -1.77. The SMILES string of the molecule is Cc1[nH]c(C(=O)NC2CCN(c3ncc(C(N)=O)s3)CC2)c(Cl)c1Cl. The lowest BCUT2D eigenvalue weighted by molar-refractivity contribution is 0.0926. The van der Waals surface area contributed by atoms with Crippen LogP contribution in [0.3, 0.4) is 0 Å². The molecule has 0 aromatic carbocycles. The summed E-state index contributed by atoms with van der Waals surface area (Å²) in [6.45, 7) is 3.22. The van der Waals surface area contributed by atoms with Crippen molar-refractivity contribution in [3.05, 3.63) is 32.5 Å². The maximum absolute atomic E-state index is 12.4. The fourth-order valence-electron chi connectivity index (χ4n) is 2.73. The van der Waals surface area contributed by atoms with Gasteiger partial charge in [0.2, 0.25) is 0 Å². The van der Waals surface area contributed by atoms with Gasteiger partial charge in [0.25, 0.3) is 11.8 Å². The predicted octanol–water partition coefficient (Wildman–Crippen LogP) is 2.58. The molecule has 1 fully saturated rings. The van der Waals surface area contributed by atoms with Crippen molar-refractivity contribution in [2.45, 2.75) is 25.8 Å². The number of nitrogens with two attached hydrogens (primary N) is 1. The number of rotatable bonds is 4. The van der Waals surface area contributed by atoms with Gasteiger partial charge in [-0.1, -0.05) is 34.5 Å². The smallest absolute Gasteiger partial charge is 0.269 e. The van der Waals surface area contributed by atoms with Crippen LogP contribution in [-0.4, -0.2) is 40.9 Å². The fraction of sp³-hybridized carbons (Fsp3) is 0.400. The minimum absolute atomic E-state index is 0.0396. The van der Waals surface area contributed by atoms with Crippen molar-refractivity contribution in [3.63, 3.8) is 0 Å².